The SMILES string of the molecule is CC(C)(C)OC(=O)N1CCCC(Nc2cc(Br)ncc2[N+](=O)[O-])C1. The summed E-state index contributed by atoms with van der Waals surface area (Å²) in [7, 11) is 0. The molecule has 132 valence electrons. The lowest BCUT2D eigenvalue weighted by molar-refractivity contribution is -0.384. The lowest BCUT2D eigenvalue weighted by Crippen LogP contribution is -2.47. The van der Waals surface area contributed by atoms with Crippen LogP contribution in [0.15, 0.2) is 16.9 Å². The molecule has 0 bridgehead atoms. The molecule has 24 heavy (non-hydrogen) atoms. The molecular weight excluding hydrogens is 380 g/mol. The fourth-order valence-corrected chi connectivity index (χ4v) is 2.82. The Hall–Kier alpha value is -1.90. The van der Waals surface area contributed by atoms with Crippen molar-refractivity contribution < 1.29 is 14.5 Å². The Balaban J connectivity index is 2.07. The van der Waals surface area contributed by atoms with E-state index in [4.69, 9.17) is 4.74 Å². The predicted molar refractivity (Wildman–Crippen MR) is 93.0 cm³/mol. The Morgan fingerprint density at radius 1 is 1.54 bits per heavy atom. The maximum absolute atomic E-state index is 12.2. The average molecular weight is 401 g/mol. The molecule has 1 aromatic rings. The molecule has 0 saturated carbocycles. The fraction of sp³-hybridized carbons (Fsp3) is 0.600. The molecule has 1 aliphatic heterocycles. The molecule has 1 aromatic heterocycles. The van der Waals surface area contributed by atoms with Crippen molar-refractivity contribution in [2.45, 2.75) is 45.3 Å². The number of carbonyl (C=O) groups is 1. The molecule has 0 radical (unpaired) electrons. The van der Waals surface area contributed by atoms with Gasteiger partial charge < -0.3 is 15.0 Å². The van der Waals surface area contributed by atoms with E-state index in [-0.39, 0.29) is 17.8 Å². The number of anilines is 1. The molecule has 0 spiro atoms. The van der Waals surface area contributed by atoms with Gasteiger partial charge in [-0.2, -0.15) is 0 Å². The third-order valence-electron chi connectivity index (χ3n) is 3.48. The highest BCUT2D eigenvalue weighted by Crippen LogP contribution is 2.28. The summed E-state index contributed by atoms with van der Waals surface area (Å²) >= 11 is 3.22. The van der Waals surface area contributed by atoms with Crippen LogP contribution in [0.3, 0.4) is 0 Å². The highest BCUT2D eigenvalue weighted by molar-refractivity contribution is 9.10. The van der Waals surface area contributed by atoms with Crippen molar-refractivity contribution in [1.82, 2.24) is 9.88 Å². The number of likely N-dealkylation sites (tertiary alicyclic amines) is 1. The van der Waals surface area contributed by atoms with Crippen LogP contribution in [0.1, 0.15) is 33.6 Å². The zero-order valence-electron chi connectivity index (χ0n) is 13.9. The maximum Gasteiger partial charge on any atom is 0.410 e. The van der Waals surface area contributed by atoms with Gasteiger partial charge >= 0.3 is 11.8 Å². The number of hydrogen-bond donors (Lipinski definition) is 1. The quantitative estimate of drug-likeness (QED) is 0.473. The van der Waals surface area contributed by atoms with Gasteiger partial charge in [0.2, 0.25) is 0 Å². The van der Waals surface area contributed by atoms with Crippen molar-refractivity contribution >= 4 is 33.4 Å². The summed E-state index contributed by atoms with van der Waals surface area (Å²) in [6.07, 6.45) is 2.47. The summed E-state index contributed by atoms with van der Waals surface area (Å²) in [5.41, 5.74) is -0.253. The van der Waals surface area contributed by atoms with Crippen molar-refractivity contribution in [2.75, 3.05) is 18.4 Å². The van der Waals surface area contributed by atoms with Crippen molar-refractivity contribution in [3.05, 3.63) is 27.0 Å². The molecule has 2 heterocycles. The zero-order chi connectivity index (χ0) is 17.9. The molecule has 9 heteroatoms. The van der Waals surface area contributed by atoms with E-state index in [1.54, 1.807) is 11.0 Å². The van der Waals surface area contributed by atoms with Crippen LogP contribution in [0.5, 0.6) is 0 Å². The van der Waals surface area contributed by atoms with Crippen LogP contribution in [-0.2, 0) is 4.74 Å². The van der Waals surface area contributed by atoms with Gasteiger partial charge in [0.15, 0.2) is 0 Å². The predicted octanol–water partition coefficient (Wildman–Crippen LogP) is 3.56. The number of halogens is 1. The smallest absolute Gasteiger partial charge is 0.410 e. The number of nitrogens with one attached hydrogen (secondary N) is 1. The largest absolute Gasteiger partial charge is 0.444 e. The van der Waals surface area contributed by atoms with Crippen LogP contribution in [0.4, 0.5) is 16.2 Å². The normalized spacial score (nSPS) is 18.2. The summed E-state index contributed by atoms with van der Waals surface area (Å²) in [6, 6.07) is 1.49. The summed E-state index contributed by atoms with van der Waals surface area (Å²) in [5.74, 6) is 0. The van der Waals surface area contributed by atoms with Crippen molar-refractivity contribution in [3.63, 3.8) is 0 Å². The van der Waals surface area contributed by atoms with Crippen molar-refractivity contribution in [3.8, 4) is 0 Å². The highest BCUT2D eigenvalue weighted by Gasteiger charge is 2.28. The lowest BCUT2D eigenvalue weighted by Gasteiger charge is -2.34. The van der Waals surface area contributed by atoms with Crippen molar-refractivity contribution in [2.24, 2.45) is 0 Å². The Morgan fingerprint density at radius 3 is 2.88 bits per heavy atom. The Bertz CT molecular complexity index is 632. The van der Waals surface area contributed by atoms with Gasteiger partial charge in [-0.1, -0.05) is 0 Å². The molecule has 1 saturated heterocycles. The molecule has 2 rings (SSSR count). The summed E-state index contributed by atoms with van der Waals surface area (Å²) < 4.78 is 5.90. The number of amides is 1. The third kappa shape index (κ3) is 5.05. The Morgan fingerprint density at radius 2 is 2.25 bits per heavy atom. The third-order valence-corrected chi connectivity index (χ3v) is 3.91. The van der Waals surface area contributed by atoms with Gasteiger partial charge in [-0.15, -0.1) is 0 Å². The fourth-order valence-electron chi connectivity index (χ4n) is 2.49. The van der Waals surface area contributed by atoms with Crippen LogP contribution in [0.2, 0.25) is 0 Å². The van der Waals surface area contributed by atoms with Crippen LogP contribution >= 0.6 is 15.9 Å². The number of carbonyl (C=O) groups excluding carboxylic acids is 1. The van der Waals surface area contributed by atoms with Crippen LogP contribution < -0.4 is 5.32 Å². The molecular formula is C15H21BrN4O4. The number of nitrogens with zero attached hydrogens (tertiary/aromatic N) is 3. The minimum atomic E-state index is -0.549. The van der Waals surface area contributed by atoms with Gasteiger partial charge in [0.05, 0.1) is 4.92 Å². The number of ether oxygens (including phenoxy) is 1. The van der Waals surface area contributed by atoms with E-state index >= 15 is 0 Å². The van der Waals surface area contributed by atoms with Crippen molar-refractivity contribution in [1.29, 1.82) is 0 Å². The number of rotatable bonds is 3. The second-order valence-electron chi connectivity index (χ2n) is 6.69. The molecule has 8 nitrogen and oxygen atoms in total. The number of nitro groups is 1. The first-order valence-corrected chi connectivity index (χ1v) is 8.49. The second-order valence-corrected chi connectivity index (χ2v) is 7.50. The van der Waals surface area contributed by atoms with E-state index < -0.39 is 10.5 Å². The molecule has 1 unspecified atom stereocenters. The molecule has 1 fully saturated rings. The first-order valence-electron chi connectivity index (χ1n) is 7.70. The first-order chi connectivity index (χ1) is 11.2. The van der Waals surface area contributed by atoms with Gasteiger partial charge in [-0.25, -0.2) is 9.78 Å². The van der Waals surface area contributed by atoms with Gasteiger partial charge in [0, 0.05) is 25.2 Å². The van der Waals surface area contributed by atoms with Gasteiger partial charge in [0.25, 0.3) is 0 Å². The standard InChI is InChI=1S/C15H21BrN4O4/c1-15(2,3)24-14(21)19-6-4-5-10(9-19)18-11-7-13(16)17-8-12(11)20(22)23/h7-8,10H,4-6,9H2,1-3H3,(H,17,18). The minimum Gasteiger partial charge on any atom is -0.444 e. The monoisotopic (exact) mass is 400 g/mol. The van der Waals surface area contributed by atoms with Crippen LogP contribution in [0, 0.1) is 10.1 Å². The Labute approximate surface area is 148 Å². The van der Waals surface area contributed by atoms with E-state index in [0.717, 1.165) is 12.8 Å². The number of hydrogen-bond acceptors (Lipinski definition) is 6. The molecule has 1 N–H and O–H groups in total. The molecule has 1 amide bonds. The van der Waals surface area contributed by atoms with Gasteiger partial charge in [0.1, 0.15) is 22.1 Å². The topological polar surface area (TPSA) is 97.6 Å². The molecule has 1 atom stereocenters. The average Bonchev–Trinajstić information content (AvgIpc) is 2.45. The zero-order valence-corrected chi connectivity index (χ0v) is 15.5. The number of pyridine rings is 1. The van der Waals surface area contributed by atoms with E-state index in [1.807, 2.05) is 20.8 Å². The Kier molecular flexibility index (Phi) is 5.63. The van der Waals surface area contributed by atoms with E-state index in [0.29, 0.717) is 23.4 Å². The van der Waals surface area contributed by atoms with Crippen LogP contribution in [0.25, 0.3) is 0 Å². The van der Waals surface area contributed by atoms with Crippen LogP contribution in [-0.4, -0.2) is 45.6 Å². The maximum atomic E-state index is 12.2. The lowest BCUT2D eigenvalue weighted by atomic mass is 10.1. The highest BCUT2D eigenvalue weighted by atomic mass is 79.9. The summed E-state index contributed by atoms with van der Waals surface area (Å²) in [4.78, 5) is 28.4. The first kappa shape index (κ1) is 18.4. The number of aromatic nitrogens is 1. The summed E-state index contributed by atoms with van der Waals surface area (Å²) in [6.45, 7) is 6.52. The second kappa shape index (κ2) is 7.33. The minimum absolute atomic E-state index is 0.0840. The van der Waals surface area contributed by atoms with E-state index in [1.165, 1.54) is 6.20 Å². The van der Waals surface area contributed by atoms with Gasteiger partial charge in [-0.05, 0) is 49.5 Å². The number of piperidine rings is 1. The van der Waals surface area contributed by atoms with Gasteiger partial charge in [-0.3, -0.25) is 10.1 Å². The van der Waals surface area contributed by atoms with E-state index in [9.17, 15) is 14.9 Å². The molecule has 0 aromatic carbocycles. The van der Waals surface area contributed by atoms with E-state index in [2.05, 4.69) is 26.2 Å². The molecule has 0 aliphatic carbocycles. The summed E-state index contributed by atoms with van der Waals surface area (Å²) in [5, 5.41) is 14.3. The molecule has 1 aliphatic rings.